The highest BCUT2D eigenvalue weighted by molar-refractivity contribution is 7.80. The summed E-state index contributed by atoms with van der Waals surface area (Å²) >= 11 is 4.90. The van der Waals surface area contributed by atoms with Gasteiger partial charge in [0.15, 0.2) is 5.11 Å². The molecule has 2 rings (SSSR count). The number of anilines is 1. The normalized spacial score (nSPS) is 15.0. The fourth-order valence-electron chi connectivity index (χ4n) is 2.97. The summed E-state index contributed by atoms with van der Waals surface area (Å²) in [6.45, 7) is 14.4. The molecule has 0 spiro atoms. The number of pyridine rings is 1. The highest BCUT2D eigenvalue weighted by Crippen LogP contribution is 2.21. The Balaban J connectivity index is 0.000000542. The molecular formula is C20H38N6OS. The lowest BCUT2D eigenvalue weighted by Crippen LogP contribution is -2.52. The van der Waals surface area contributed by atoms with Gasteiger partial charge in [-0.25, -0.2) is 0 Å². The largest absolute Gasteiger partial charge is 0.376 e. The molecule has 1 aromatic rings. The molecule has 0 aromatic carbocycles. The van der Waals surface area contributed by atoms with Gasteiger partial charge in [0.1, 0.15) is 5.72 Å². The predicted octanol–water partition coefficient (Wildman–Crippen LogP) is 2.55. The summed E-state index contributed by atoms with van der Waals surface area (Å²) in [6.07, 6.45) is 4.06. The Bertz CT molecular complexity index is 615. The van der Waals surface area contributed by atoms with Crippen molar-refractivity contribution in [3.05, 3.63) is 24.5 Å². The van der Waals surface area contributed by atoms with E-state index in [1.807, 2.05) is 17.0 Å². The van der Waals surface area contributed by atoms with Crippen molar-refractivity contribution in [1.29, 1.82) is 5.41 Å². The lowest BCUT2D eigenvalue weighted by molar-refractivity contribution is 0.0762. The van der Waals surface area contributed by atoms with E-state index >= 15 is 0 Å². The Morgan fingerprint density at radius 1 is 1.39 bits per heavy atom. The molecule has 160 valence electrons. The smallest absolute Gasteiger partial charge is 0.166 e. The quantitative estimate of drug-likeness (QED) is 0.377. The molecule has 4 N–H and O–H groups in total. The first-order chi connectivity index (χ1) is 13.0. The number of nitrogens with one attached hydrogen (secondary N) is 1. The summed E-state index contributed by atoms with van der Waals surface area (Å²) in [5, 5.41) is 18.0. The van der Waals surface area contributed by atoms with Crippen molar-refractivity contribution < 1.29 is 6.53 Å². The molecule has 0 atom stereocenters. The zero-order valence-corrected chi connectivity index (χ0v) is 18.7. The monoisotopic (exact) mass is 410 g/mol. The standard InChI is InChI=1S/C12H19N3O.C8H17N3S.H2/c1-10(13)6-8-15(12(2,3)16)11-5-4-7-14-9-11;1-7(2)10-3-5-11(6-4-10)8(9)12;/h4-5,7,9,13,16H,6,8H2,1-3H3;7H,3-6H2,1-2H3,(H2,9,12);1H. The van der Waals surface area contributed by atoms with Gasteiger partial charge >= 0.3 is 0 Å². The van der Waals surface area contributed by atoms with Crippen LogP contribution in [0.5, 0.6) is 0 Å². The van der Waals surface area contributed by atoms with Crippen LogP contribution in [0.15, 0.2) is 24.5 Å². The second kappa shape index (κ2) is 11.3. The molecule has 7 nitrogen and oxygen atoms in total. The van der Waals surface area contributed by atoms with E-state index in [9.17, 15) is 5.11 Å². The number of nitrogens with two attached hydrogens (primary N) is 1. The van der Waals surface area contributed by atoms with Gasteiger partial charge in [-0.05, 0) is 59.0 Å². The van der Waals surface area contributed by atoms with Crippen LogP contribution in [0.1, 0.15) is 42.5 Å². The van der Waals surface area contributed by atoms with E-state index in [-0.39, 0.29) is 1.43 Å². The Morgan fingerprint density at radius 3 is 2.39 bits per heavy atom. The van der Waals surface area contributed by atoms with Crippen molar-refractivity contribution in [2.24, 2.45) is 5.73 Å². The minimum atomic E-state index is -0.946. The number of aromatic nitrogens is 1. The maximum atomic E-state index is 10.1. The van der Waals surface area contributed by atoms with Gasteiger partial charge in [-0.3, -0.25) is 9.88 Å². The summed E-state index contributed by atoms with van der Waals surface area (Å²) in [6, 6.07) is 4.38. The topological polar surface area (TPSA) is 92.7 Å². The van der Waals surface area contributed by atoms with Gasteiger partial charge in [-0.1, -0.05) is 0 Å². The molecular weight excluding hydrogens is 372 g/mol. The van der Waals surface area contributed by atoms with Crippen molar-refractivity contribution >= 4 is 28.7 Å². The Morgan fingerprint density at radius 2 is 2.00 bits per heavy atom. The second-order valence-electron chi connectivity index (χ2n) is 7.84. The third-order valence-corrected chi connectivity index (χ3v) is 4.94. The van der Waals surface area contributed by atoms with Gasteiger partial charge in [-0.2, -0.15) is 0 Å². The first-order valence-corrected chi connectivity index (χ1v) is 10.2. The maximum absolute atomic E-state index is 10.1. The van der Waals surface area contributed by atoms with E-state index in [0.717, 1.165) is 31.9 Å². The van der Waals surface area contributed by atoms with E-state index in [0.29, 0.717) is 29.8 Å². The highest BCUT2D eigenvalue weighted by atomic mass is 32.1. The number of thiocarbonyl (C=S) groups is 1. The van der Waals surface area contributed by atoms with E-state index in [1.165, 1.54) is 0 Å². The molecule has 0 aliphatic carbocycles. The van der Waals surface area contributed by atoms with Crippen LogP contribution in [-0.2, 0) is 0 Å². The second-order valence-corrected chi connectivity index (χ2v) is 8.26. The lowest BCUT2D eigenvalue weighted by Gasteiger charge is -2.37. The number of hydrogen-bond donors (Lipinski definition) is 3. The van der Waals surface area contributed by atoms with Crippen molar-refractivity contribution in [1.82, 2.24) is 14.8 Å². The van der Waals surface area contributed by atoms with Crippen LogP contribution < -0.4 is 10.6 Å². The van der Waals surface area contributed by atoms with E-state index in [1.54, 1.807) is 33.2 Å². The molecule has 1 aliphatic heterocycles. The molecule has 1 saturated heterocycles. The van der Waals surface area contributed by atoms with Crippen LogP contribution >= 0.6 is 12.2 Å². The van der Waals surface area contributed by atoms with E-state index in [2.05, 4.69) is 28.6 Å². The molecule has 28 heavy (non-hydrogen) atoms. The molecule has 1 aliphatic rings. The Kier molecular flexibility index (Phi) is 9.78. The van der Waals surface area contributed by atoms with Crippen LogP contribution in [0.4, 0.5) is 5.69 Å². The molecule has 8 heteroatoms. The van der Waals surface area contributed by atoms with Crippen LogP contribution in [-0.4, -0.2) is 75.2 Å². The number of rotatable bonds is 6. The van der Waals surface area contributed by atoms with Crippen molar-refractivity contribution in [3.63, 3.8) is 0 Å². The zero-order valence-electron chi connectivity index (χ0n) is 17.9. The minimum Gasteiger partial charge on any atom is -0.376 e. The molecule has 0 saturated carbocycles. The average Bonchev–Trinajstić information content (AvgIpc) is 2.62. The van der Waals surface area contributed by atoms with Gasteiger partial charge in [0.2, 0.25) is 0 Å². The fraction of sp³-hybridized carbons (Fsp3) is 0.650. The summed E-state index contributed by atoms with van der Waals surface area (Å²) in [4.78, 5) is 10.4. The van der Waals surface area contributed by atoms with E-state index in [4.69, 9.17) is 23.4 Å². The number of aliphatic hydroxyl groups is 1. The van der Waals surface area contributed by atoms with Crippen molar-refractivity contribution in [3.8, 4) is 0 Å². The number of hydrogen-bond acceptors (Lipinski definition) is 6. The van der Waals surface area contributed by atoms with Gasteiger partial charge < -0.3 is 26.0 Å². The maximum Gasteiger partial charge on any atom is 0.166 e. The molecule has 0 unspecified atom stereocenters. The third-order valence-electron chi connectivity index (χ3n) is 4.68. The first kappa shape index (κ1) is 24.3. The zero-order chi connectivity index (χ0) is 21.3. The lowest BCUT2D eigenvalue weighted by atomic mass is 10.2. The van der Waals surface area contributed by atoms with Crippen LogP contribution in [0.2, 0.25) is 0 Å². The summed E-state index contributed by atoms with van der Waals surface area (Å²) in [7, 11) is 0. The summed E-state index contributed by atoms with van der Waals surface area (Å²) < 4.78 is 0. The van der Waals surface area contributed by atoms with Gasteiger partial charge in [0, 0.05) is 58.5 Å². The SMILES string of the molecule is CC(=N)CCN(c1cccnc1)C(C)(C)O.CC(C)N1CCN(C(N)=S)CC1.[HH]. The van der Waals surface area contributed by atoms with Crippen LogP contribution in [0.25, 0.3) is 0 Å². The van der Waals surface area contributed by atoms with Gasteiger partial charge in [0.05, 0.1) is 11.9 Å². The van der Waals surface area contributed by atoms with Crippen LogP contribution in [0, 0.1) is 5.41 Å². The fourth-order valence-corrected chi connectivity index (χ4v) is 3.15. The summed E-state index contributed by atoms with van der Waals surface area (Å²) in [5.74, 6) is 0. The van der Waals surface area contributed by atoms with Gasteiger partial charge in [0.25, 0.3) is 0 Å². The van der Waals surface area contributed by atoms with Crippen molar-refractivity contribution in [2.45, 2.75) is 52.8 Å². The molecule has 2 heterocycles. The Hall–Kier alpha value is -1.77. The molecule has 0 amide bonds. The molecule has 0 bridgehead atoms. The number of piperazine rings is 1. The van der Waals surface area contributed by atoms with E-state index < -0.39 is 5.72 Å². The predicted molar refractivity (Wildman–Crippen MR) is 123 cm³/mol. The van der Waals surface area contributed by atoms with Crippen LogP contribution in [0.3, 0.4) is 0 Å². The summed E-state index contributed by atoms with van der Waals surface area (Å²) in [5.41, 5.74) is 6.06. The molecule has 1 aromatic heterocycles. The average molecular weight is 411 g/mol. The molecule has 0 radical (unpaired) electrons. The number of nitrogens with zero attached hydrogens (tertiary/aromatic N) is 4. The first-order valence-electron chi connectivity index (χ1n) is 9.75. The highest BCUT2D eigenvalue weighted by Gasteiger charge is 2.23. The Labute approximate surface area is 176 Å². The third kappa shape index (κ3) is 8.50. The minimum absolute atomic E-state index is 0. The molecule has 1 fully saturated rings. The van der Waals surface area contributed by atoms with Crippen molar-refractivity contribution in [2.75, 3.05) is 37.6 Å². The van der Waals surface area contributed by atoms with Gasteiger partial charge in [-0.15, -0.1) is 0 Å².